The summed E-state index contributed by atoms with van der Waals surface area (Å²) in [5.41, 5.74) is 6.24. The van der Waals surface area contributed by atoms with Gasteiger partial charge in [-0.1, -0.05) is 35.9 Å². The van der Waals surface area contributed by atoms with E-state index in [2.05, 4.69) is 0 Å². The van der Waals surface area contributed by atoms with E-state index in [9.17, 15) is 18.5 Å². The number of hydrogen-bond acceptors (Lipinski definition) is 5. The van der Waals surface area contributed by atoms with E-state index >= 15 is 0 Å². The summed E-state index contributed by atoms with van der Waals surface area (Å²) in [6.07, 6.45) is 0. The average molecular weight is 370 g/mol. The molecule has 0 aliphatic rings. The van der Waals surface area contributed by atoms with E-state index in [4.69, 9.17) is 17.3 Å². The van der Waals surface area contributed by atoms with Crippen molar-refractivity contribution < 1.29 is 13.3 Å². The van der Waals surface area contributed by atoms with Gasteiger partial charge in [0.1, 0.15) is 0 Å². The highest BCUT2D eigenvalue weighted by Gasteiger charge is 2.30. The second-order valence-electron chi connectivity index (χ2n) is 5.17. The Morgan fingerprint density at radius 1 is 1.25 bits per heavy atom. The monoisotopic (exact) mass is 369 g/mol. The van der Waals surface area contributed by atoms with Crippen molar-refractivity contribution >= 4 is 27.3 Å². The number of nitrogens with zero attached hydrogens (tertiary/aromatic N) is 2. The number of rotatable bonds is 6. The third-order valence-corrected chi connectivity index (χ3v) is 5.59. The molecule has 0 fully saturated rings. The first kappa shape index (κ1) is 18.3. The Labute approximate surface area is 144 Å². The molecule has 0 bridgehead atoms. The van der Waals surface area contributed by atoms with Crippen LogP contribution in [0, 0.1) is 10.1 Å². The quantitative estimate of drug-likeness (QED) is 0.622. The molecular formula is C15H16ClN3O4S. The summed E-state index contributed by atoms with van der Waals surface area (Å²) < 4.78 is 26.3. The van der Waals surface area contributed by atoms with Crippen LogP contribution < -0.4 is 5.73 Å². The van der Waals surface area contributed by atoms with Gasteiger partial charge in [-0.2, -0.15) is 4.31 Å². The van der Waals surface area contributed by atoms with E-state index in [1.165, 1.54) is 25.2 Å². The standard InChI is InChI=1S/C15H16ClN3O4S/c1-18(10-13(17)11-5-4-6-12(16)9-11)24(22,23)15-8-3-2-7-14(15)19(20)21/h2-9,13H,10,17H2,1H3. The molecule has 2 aromatic carbocycles. The highest BCUT2D eigenvalue weighted by Crippen LogP contribution is 2.26. The van der Waals surface area contributed by atoms with Crippen LogP contribution in [-0.4, -0.2) is 31.2 Å². The fourth-order valence-corrected chi connectivity index (χ4v) is 3.76. The van der Waals surface area contributed by atoms with Crippen LogP contribution in [0.2, 0.25) is 5.02 Å². The molecule has 0 aromatic heterocycles. The minimum absolute atomic E-state index is 0.0469. The van der Waals surface area contributed by atoms with E-state index in [-0.39, 0.29) is 11.4 Å². The highest BCUT2D eigenvalue weighted by atomic mass is 35.5. The van der Waals surface area contributed by atoms with Crippen molar-refractivity contribution in [1.29, 1.82) is 0 Å². The average Bonchev–Trinajstić information content (AvgIpc) is 2.54. The Hall–Kier alpha value is -2.00. The van der Waals surface area contributed by atoms with Crippen LogP contribution in [0.5, 0.6) is 0 Å². The van der Waals surface area contributed by atoms with Crippen molar-refractivity contribution in [2.24, 2.45) is 5.73 Å². The fourth-order valence-electron chi connectivity index (χ4n) is 2.21. The van der Waals surface area contributed by atoms with E-state index in [0.29, 0.717) is 10.6 Å². The van der Waals surface area contributed by atoms with Gasteiger partial charge in [0.25, 0.3) is 5.69 Å². The summed E-state index contributed by atoms with van der Waals surface area (Å²) in [5.74, 6) is 0. The summed E-state index contributed by atoms with van der Waals surface area (Å²) in [6, 6.07) is 11.4. The number of nitrogens with two attached hydrogens (primary N) is 1. The van der Waals surface area contributed by atoms with Crippen LogP contribution in [0.15, 0.2) is 53.4 Å². The van der Waals surface area contributed by atoms with Gasteiger partial charge in [-0.05, 0) is 23.8 Å². The van der Waals surface area contributed by atoms with E-state index < -0.39 is 26.7 Å². The van der Waals surface area contributed by atoms with E-state index in [1.807, 2.05) is 0 Å². The molecule has 1 atom stereocenters. The summed E-state index contributed by atoms with van der Waals surface area (Å²) in [5, 5.41) is 11.5. The van der Waals surface area contributed by atoms with Crippen LogP contribution in [-0.2, 0) is 10.0 Å². The van der Waals surface area contributed by atoms with Gasteiger partial charge in [0.15, 0.2) is 4.90 Å². The molecule has 0 spiro atoms. The number of sulfonamides is 1. The summed E-state index contributed by atoms with van der Waals surface area (Å²) in [4.78, 5) is 9.97. The van der Waals surface area contributed by atoms with Gasteiger partial charge in [-0.15, -0.1) is 0 Å². The van der Waals surface area contributed by atoms with Gasteiger partial charge in [0.05, 0.1) is 4.92 Å². The highest BCUT2D eigenvalue weighted by molar-refractivity contribution is 7.89. The van der Waals surface area contributed by atoms with Gasteiger partial charge in [0.2, 0.25) is 10.0 Å². The topological polar surface area (TPSA) is 107 Å². The van der Waals surface area contributed by atoms with Gasteiger partial charge in [0, 0.05) is 30.7 Å². The predicted molar refractivity (Wildman–Crippen MR) is 91.3 cm³/mol. The zero-order chi connectivity index (χ0) is 17.9. The Kier molecular flexibility index (Phi) is 5.55. The zero-order valence-electron chi connectivity index (χ0n) is 12.8. The lowest BCUT2D eigenvalue weighted by atomic mass is 10.1. The maximum Gasteiger partial charge on any atom is 0.289 e. The third kappa shape index (κ3) is 3.90. The van der Waals surface area contributed by atoms with E-state index in [1.54, 1.807) is 24.3 Å². The lowest BCUT2D eigenvalue weighted by Gasteiger charge is -2.21. The van der Waals surface area contributed by atoms with Crippen molar-refractivity contribution in [1.82, 2.24) is 4.31 Å². The van der Waals surface area contributed by atoms with Crippen LogP contribution in [0.25, 0.3) is 0 Å². The molecule has 9 heteroatoms. The van der Waals surface area contributed by atoms with Crippen LogP contribution in [0.3, 0.4) is 0 Å². The molecule has 2 rings (SSSR count). The molecular weight excluding hydrogens is 354 g/mol. The molecule has 0 radical (unpaired) electrons. The van der Waals surface area contributed by atoms with Crippen molar-refractivity contribution in [3.05, 3.63) is 69.2 Å². The second-order valence-corrected chi connectivity index (χ2v) is 7.62. The number of hydrogen-bond donors (Lipinski definition) is 1. The third-order valence-electron chi connectivity index (χ3n) is 3.48. The number of halogens is 1. The van der Waals surface area contributed by atoms with E-state index in [0.717, 1.165) is 10.4 Å². The number of para-hydroxylation sites is 1. The SMILES string of the molecule is CN(CC(N)c1cccc(Cl)c1)S(=O)(=O)c1ccccc1[N+](=O)[O-]. The molecule has 0 heterocycles. The lowest BCUT2D eigenvalue weighted by Crippen LogP contribution is -2.34. The smallest absolute Gasteiger partial charge is 0.289 e. The molecule has 7 nitrogen and oxygen atoms in total. The molecule has 2 N–H and O–H groups in total. The Bertz CT molecular complexity index is 857. The van der Waals surface area contributed by atoms with Gasteiger partial charge in [-0.3, -0.25) is 10.1 Å². The van der Waals surface area contributed by atoms with Gasteiger partial charge < -0.3 is 5.73 Å². The molecule has 0 saturated carbocycles. The van der Waals surface area contributed by atoms with Gasteiger partial charge in [-0.25, -0.2) is 8.42 Å². The van der Waals surface area contributed by atoms with Crippen molar-refractivity contribution in [2.75, 3.05) is 13.6 Å². The van der Waals surface area contributed by atoms with Gasteiger partial charge >= 0.3 is 0 Å². The normalized spacial score (nSPS) is 13.0. The Morgan fingerprint density at radius 3 is 2.54 bits per heavy atom. The second kappa shape index (κ2) is 7.27. The number of likely N-dealkylation sites (N-methyl/N-ethyl adjacent to an activating group) is 1. The largest absolute Gasteiger partial charge is 0.323 e. The Balaban J connectivity index is 2.28. The molecule has 128 valence electrons. The van der Waals surface area contributed by atoms with Crippen LogP contribution in [0.1, 0.15) is 11.6 Å². The molecule has 2 aromatic rings. The number of benzene rings is 2. The number of nitro benzene ring substituents is 1. The molecule has 0 aliphatic heterocycles. The maximum atomic E-state index is 12.6. The minimum Gasteiger partial charge on any atom is -0.323 e. The maximum absolute atomic E-state index is 12.6. The summed E-state index contributed by atoms with van der Waals surface area (Å²) in [6.45, 7) is -0.0469. The minimum atomic E-state index is -4.05. The first-order chi connectivity index (χ1) is 11.2. The van der Waals surface area contributed by atoms with Crippen molar-refractivity contribution in [2.45, 2.75) is 10.9 Å². The zero-order valence-corrected chi connectivity index (χ0v) is 14.4. The molecule has 0 amide bonds. The fraction of sp³-hybridized carbons (Fsp3) is 0.200. The first-order valence-corrected chi connectivity index (χ1v) is 8.76. The van der Waals surface area contributed by atoms with Crippen LogP contribution >= 0.6 is 11.6 Å². The summed E-state index contributed by atoms with van der Waals surface area (Å²) in [7, 11) is -2.72. The Morgan fingerprint density at radius 2 is 1.92 bits per heavy atom. The molecule has 1 unspecified atom stereocenters. The lowest BCUT2D eigenvalue weighted by molar-refractivity contribution is -0.387. The number of nitro groups is 1. The molecule has 0 aliphatic carbocycles. The molecule has 24 heavy (non-hydrogen) atoms. The van der Waals surface area contributed by atoms with Crippen LogP contribution in [0.4, 0.5) is 5.69 Å². The van der Waals surface area contributed by atoms with Crippen molar-refractivity contribution in [3.63, 3.8) is 0 Å². The molecule has 0 saturated heterocycles. The van der Waals surface area contributed by atoms with Crippen molar-refractivity contribution in [3.8, 4) is 0 Å². The summed E-state index contributed by atoms with van der Waals surface area (Å²) >= 11 is 5.90. The predicted octanol–water partition coefficient (Wildman–Crippen LogP) is 2.57. The first-order valence-electron chi connectivity index (χ1n) is 6.94.